The predicted octanol–water partition coefficient (Wildman–Crippen LogP) is 4.06. The summed E-state index contributed by atoms with van der Waals surface area (Å²) >= 11 is 6.05. The molecule has 1 aliphatic heterocycles. The minimum absolute atomic E-state index is 0.210. The van der Waals surface area contributed by atoms with Crippen LogP contribution in [0.3, 0.4) is 0 Å². The highest BCUT2D eigenvalue weighted by molar-refractivity contribution is 6.30. The van der Waals surface area contributed by atoms with Gasteiger partial charge in [-0.25, -0.2) is 4.79 Å². The van der Waals surface area contributed by atoms with E-state index in [1.165, 1.54) is 0 Å². The van der Waals surface area contributed by atoms with Gasteiger partial charge in [0.05, 0.1) is 31.3 Å². The van der Waals surface area contributed by atoms with Crippen LogP contribution in [-0.2, 0) is 23.8 Å². The van der Waals surface area contributed by atoms with Crippen LogP contribution in [0.4, 0.5) is 0 Å². The van der Waals surface area contributed by atoms with Crippen molar-refractivity contribution in [3.05, 3.63) is 70.2 Å². The van der Waals surface area contributed by atoms with E-state index in [0.29, 0.717) is 16.1 Å². The molecule has 1 saturated heterocycles. The molecule has 1 N–H and O–H groups in total. The standard InChI is InChI=1S/C25H28ClNO6/c1-4-31-23(28)17-9-7-15(8-10-17)19-20(24(29)32-5-2)21(16-11-13-18(26)14-12-16)27-22(19)25(30)33-6-3/h7-14,19-22,27H,4-6H2,1-3H3/t19-,20+,21+,22+/m1/s1. The van der Waals surface area contributed by atoms with E-state index in [-0.39, 0.29) is 19.8 Å². The summed E-state index contributed by atoms with van der Waals surface area (Å²) in [5.74, 6) is -2.58. The molecule has 0 amide bonds. The third-order valence-electron chi connectivity index (χ3n) is 5.60. The minimum atomic E-state index is -0.784. The SMILES string of the molecule is CCOC(=O)c1ccc([C@@H]2[C@H](C(=O)OCC)[C@H](c3ccc(Cl)cc3)N[C@@H]2C(=O)OCC)cc1. The van der Waals surface area contributed by atoms with Gasteiger partial charge in [0.1, 0.15) is 6.04 Å². The summed E-state index contributed by atoms with van der Waals surface area (Å²) in [5, 5.41) is 3.86. The molecule has 7 nitrogen and oxygen atoms in total. The molecule has 3 rings (SSSR count). The zero-order valence-electron chi connectivity index (χ0n) is 18.9. The lowest BCUT2D eigenvalue weighted by Gasteiger charge is -2.24. The lowest BCUT2D eigenvalue weighted by molar-refractivity contribution is -0.149. The molecule has 2 aromatic rings. The van der Waals surface area contributed by atoms with E-state index in [4.69, 9.17) is 25.8 Å². The smallest absolute Gasteiger partial charge is 0.338 e. The predicted molar refractivity (Wildman–Crippen MR) is 123 cm³/mol. The van der Waals surface area contributed by atoms with Gasteiger partial charge in [0.2, 0.25) is 0 Å². The lowest BCUT2D eigenvalue weighted by Crippen LogP contribution is -2.37. The molecule has 8 heteroatoms. The van der Waals surface area contributed by atoms with Gasteiger partial charge in [-0.05, 0) is 56.2 Å². The number of rotatable bonds is 8. The third kappa shape index (κ3) is 5.54. The fourth-order valence-electron chi connectivity index (χ4n) is 4.21. The minimum Gasteiger partial charge on any atom is -0.466 e. The Morgan fingerprint density at radius 3 is 1.91 bits per heavy atom. The van der Waals surface area contributed by atoms with Gasteiger partial charge in [0.25, 0.3) is 0 Å². The number of carbonyl (C=O) groups is 3. The van der Waals surface area contributed by atoms with Crippen LogP contribution in [-0.4, -0.2) is 43.8 Å². The van der Waals surface area contributed by atoms with Crippen molar-refractivity contribution in [1.82, 2.24) is 5.32 Å². The van der Waals surface area contributed by atoms with E-state index < -0.39 is 41.8 Å². The van der Waals surface area contributed by atoms with Gasteiger partial charge < -0.3 is 14.2 Å². The molecule has 0 spiro atoms. The van der Waals surface area contributed by atoms with Crippen molar-refractivity contribution in [2.45, 2.75) is 38.8 Å². The summed E-state index contributed by atoms with van der Waals surface area (Å²) < 4.78 is 15.8. The molecule has 0 saturated carbocycles. The molecular weight excluding hydrogens is 446 g/mol. The van der Waals surface area contributed by atoms with Gasteiger partial charge in [-0.3, -0.25) is 14.9 Å². The normalized spacial score (nSPS) is 21.9. The summed E-state index contributed by atoms with van der Waals surface area (Å²) in [7, 11) is 0. The second-order valence-corrected chi connectivity index (χ2v) is 8.01. The molecule has 1 heterocycles. The van der Waals surface area contributed by atoms with Crippen LogP contribution in [0.5, 0.6) is 0 Å². The van der Waals surface area contributed by atoms with Gasteiger partial charge in [0, 0.05) is 17.0 Å². The molecule has 1 aliphatic rings. The molecule has 0 unspecified atom stereocenters. The Bertz CT molecular complexity index is 975. The van der Waals surface area contributed by atoms with E-state index in [1.54, 1.807) is 57.2 Å². The van der Waals surface area contributed by atoms with Crippen molar-refractivity contribution in [2.75, 3.05) is 19.8 Å². The summed E-state index contributed by atoms with van der Waals surface area (Å²) in [6, 6.07) is 12.6. The summed E-state index contributed by atoms with van der Waals surface area (Å²) in [4.78, 5) is 38.1. The zero-order valence-corrected chi connectivity index (χ0v) is 19.6. The van der Waals surface area contributed by atoms with Crippen molar-refractivity contribution in [3.63, 3.8) is 0 Å². The first-order valence-electron chi connectivity index (χ1n) is 11.0. The van der Waals surface area contributed by atoms with Gasteiger partial charge >= 0.3 is 17.9 Å². The third-order valence-corrected chi connectivity index (χ3v) is 5.85. The largest absolute Gasteiger partial charge is 0.466 e. The molecule has 0 aliphatic carbocycles. The van der Waals surface area contributed by atoms with Crippen molar-refractivity contribution < 1.29 is 28.6 Å². The van der Waals surface area contributed by atoms with E-state index in [1.807, 2.05) is 12.1 Å². The summed E-state index contributed by atoms with van der Waals surface area (Å²) in [6.07, 6.45) is 0. The Hall–Kier alpha value is -2.90. The fourth-order valence-corrected chi connectivity index (χ4v) is 4.34. The van der Waals surface area contributed by atoms with Gasteiger partial charge in [-0.15, -0.1) is 0 Å². The van der Waals surface area contributed by atoms with Crippen LogP contribution in [0.25, 0.3) is 0 Å². The number of hydrogen-bond donors (Lipinski definition) is 1. The quantitative estimate of drug-likeness (QED) is 0.456. The molecule has 1 fully saturated rings. The number of nitrogens with one attached hydrogen (secondary N) is 1. The lowest BCUT2D eigenvalue weighted by atomic mass is 9.79. The number of ether oxygens (including phenoxy) is 3. The Morgan fingerprint density at radius 2 is 1.33 bits per heavy atom. The van der Waals surface area contributed by atoms with Crippen LogP contribution in [0, 0.1) is 5.92 Å². The van der Waals surface area contributed by atoms with Crippen LogP contribution in [0.1, 0.15) is 54.2 Å². The fraction of sp³-hybridized carbons (Fsp3) is 0.400. The Morgan fingerprint density at radius 1 is 0.788 bits per heavy atom. The number of hydrogen-bond acceptors (Lipinski definition) is 7. The van der Waals surface area contributed by atoms with Crippen molar-refractivity contribution in [2.24, 2.45) is 5.92 Å². The van der Waals surface area contributed by atoms with E-state index in [2.05, 4.69) is 5.32 Å². The summed E-state index contributed by atoms with van der Waals surface area (Å²) in [5.41, 5.74) is 1.90. The number of esters is 3. The average molecular weight is 474 g/mol. The Balaban J connectivity index is 2.05. The molecule has 0 radical (unpaired) electrons. The maximum absolute atomic E-state index is 13.2. The van der Waals surface area contributed by atoms with Gasteiger partial charge in [0.15, 0.2) is 0 Å². The average Bonchev–Trinajstić information content (AvgIpc) is 3.21. The van der Waals surface area contributed by atoms with Crippen molar-refractivity contribution in [3.8, 4) is 0 Å². The Kier molecular flexibility index (Phi) is 8.47. The topological polar surface area (TPSA) is 90.9 Å². The molecule has 0 bridgehead atoms. The van der Waals surface area contributed by atoms with E-state index in [9.17, 15) is 14.4 Å². The van der Waals surface area contributed by atoms with Crippen molar-refractivity contribution in [1.29, 1.82) is 0 Å². The zero-order chi connectivity index (χ0) is 24.0. The second kappa shape index (κ2) is 11.3. The maximum Gasteiger partial charge on any atom is 0.338 e. The maximum atomic E-state index is 13.2. The van der Waals surface area contributed by atoms with Crippen LogP contribution < -0.4 is 5.32 Å². The van der Waals surface area contributed by atoms with Gasteiger partial charge in [-0.1, -0.05) is 35.9 Å². The molecule has 0 aromatic heterocycles. The first kappa shape index (κ1) is 24.7. The van der Waals surface area contributed by atoms with Crippen LogP contribution in [0.15, 0.2) is 48.5 Å². The number of carbonyl (C=O) groups excluding carboxylic acids is 3. The van der Waals surface area contributed by atoms with E-state index >= 15 is 0 Å². The van der Waals surface area contributed by atoms with Crippen LogP contribution >= 0.6 is 11.6 Å². The molecule has 33 heavy (non-hydrogen) atoms. The van der Waals surface area contributed by atoms with Gasteiger partial charge in [-0.2, -0.15) is 0 Å². The second-order valence-electron chi connectivity index (χ2n) is 7.57. The first-order chi connectivity index (χ1) is 15.9. The first-order valence-corrected chi connectivity index (χ1v) is 11.4. The Labute approximate surface area is 198 Å². The highest BCUT2D eigenvalue weighted by Gasteiger charge is 2.52. The van der Waals surface area contributed by atoms with Crippen molar-refractivity contribution >= 4 is 29.5 Å². The van der Waals surface area contributed by atoms with E-state index in [0.717, 1.165) is 5.56 Å². The molecule has 2 aromatic carbocycles. The highest BCUT2D eigenvalue weighted by atomic mass is 35.5. The number of benzene rings is 2. The highest BCUT2D eigenvalue weighted by Crippen LogP contribution is 2.44. The monoisotopic (exact) mass is 473 g/mol. The molecule has 4 atom stereocenters. The van der Waals surface area contributed by atoms with Crippen LogP contribution in [0.2, 0.25) is 5.02 Å². The summed E-state index contributed by atoms with van der Waals surface area (Å²) in [6.45, 7) is 5.90. The number of halogens is 1. The molecule has 176 valence electrons. The molecular formula is C25H28ClNO6.